The number of carbonyl (C=O) groups excluding carboxylic acids is 1. The van der Waals surface area contributed by atoms with E-state index in [0.717, 1.165) is 28.6 Å². The first-order valence-corrected chi connectivity index (χ1v) is 8.30. The lowest BCUT2D eigenvalue weighted by Gasteiger charge is -2.16. The minimum atomic E-state index is -0.211. The Kier molecular flexibility index (Phi) is 6.01. The summed E-state index contributed by atoms with van der Waals surface area (Å²) in [5, 5.41) is 5.80. The second-order valence-corrected chi connectivity index (χ2v) is 6.15. The van der Waals surface area contributed by atoms with E-state index in [0.29, 0.717) is 0 Å². The van der Waals surface area contributed by atoms with Gasteiger partial charge in [0, 0.05) is 4.47 Å². The normalized spacial score (nSPS) is 11.8. The molecule has 0 bridgehead atoms. The summed E-state index contributed by atoms with van der Waals surface area (Å²) in [6, 6.07) is 15.7. The third kappa shape index (κ3) is 4.60. The fraction of sp³-hybridized carbons (Fsp3) is 0.278. The smallest absolute Gasteiger partial charge is 0.319 e. The van der Waals surface area contributed by atoms with Crippen LogP contribution in [0.5, 0.6) is 0 Å². The second-order valence-electron chi connectivity index (χ2n) is 5.29. The van der Waals surface area contributed by atoms with Gasteiger partial charge in [0.1, 0.15) is 0 Å². The van der Waals surface area contributed by atoms with Gasteiger partial charge in [0.2, 0.25) is 0 Å². The van der Waals surface area contributed by atoms with Crippen molar-refractivity contribution < 1.29 is 4.79 Å². The van der Waals surface area contributed by atoms with Gasteiger partial charge in [-0.15, -0.1) is 0 Å². The van der Waals surface area contributed by atoms with E-state index in [4.69, 9.17) is 0 Å². The molecule has 2 amide bonds. The number of rotatable bonds is 5. The molecule has 22 heavy (non-hydrogen) atoms. The van der Waals surface area contributed by atoms with Crippen LogP contribution in [0.25, 0.3) is 0 Å². The minimum Gasteiger partial charge on any atom is -0.331 e. The number of hydrogen-bond donors (Lipinski definition) is 2. The fourth-order valence-electron chi connectivity index (χ4n) is 2.26. The van der Waals surface area contributed by atoms with Gasteiger partial charge in [-0.2, -0.15) is 0 Å². The molecule has 0 aliphatic rings. The van der Waals surface area contributed by atoms with Gasteiger partial charge in [-0.05, 0) is 52.5 Å². The molecule has 116 valence electrons. The zero-order valence-electron chi connectivity index (χ0n) is 12.9. The average Bonchev–Trinajstić information content (AvgIpc) is 2.50. The average molecular weight is 361 g/mol. The molecule has 4 heteroatoms. The summed E-state index contributed by atoms with van der Waals surface area (Å²) in [5.41, 5.74) is 3.18. The summed E-state index contributed by atoms with van der Waals surface area (Å²) in [7, 11) is 0. The molecule has 0 aliphatic carbocycles. The zero-order chi connectivity index (χ0) is 15.9. The third-order valence-electron chi connectivity index (χ3n) is 3.49. The topological polar surface area (TPSA) is 41.1 Å². The van der Waals surface area contributed by atoms with E-state index < -0.39 is 0 Å². The highest BCUT2D eigenvalue weighted by Gasteiger charge is 2.10. The lowest BCUT2D eigenvalue weighted by molar-refractivity contribution is 0.249. The molecule has 2 aromatic rings. The van der Waals surface area contributed by atoms with Gasteiger partial charge in [-0.25, -0.2) is 4.79 Å². The van der Waals surface area contributed by atoms with Gasteiger partial charge < -0.3 is 10.6 Å². The maximum atomic E-state index is 12.1. The summed E-state index contributed by atoms with van der Waals surface area (Å²) < 4.78 is 0.863. The van der Waals surface area contributed by atoms with Crippen LogP contribution in [0.15, 0.2) is 53.0 Å². The maximum Gasteiger partial charge on any atom is 0.319 e. The van der Waals surface area contributed by atoms with Crippen molar-refractivity contribution in [2.45, 2.75) is 32.7 Å². The molecule has 0 heterocycles. The zero-order valence-corrected chi connectivity index (χ0v) is 14.5. The predicted octanol–water partition coefficient (Wildman–Crippen LogP) is 5.28. The van der Waals surface area contributed by atoms with Gasteiger partial charge in [-0.3, -0.25) is 0 Å². The Morgan fingerprint density at radius 3 is 2.45 bits per heavy atom. The Morgan fingerprint density at radius 1 is 1.14 bits per heavy atom. The molecule has 0 radical (unpaired) electrons. The molecule has 2 rings (SSSR count). The first kappa shape index (κ1) is 16.6. The molecule has 0 fully saturated rings. The number of nitrogens with one attached hydrogen (secondary N) is 2. The van der Waals surface area contributed by atoms with Crippen LogP contribution in [0.3, 0.4) is 0 Å². The number of benzene rings is 2. The SMILES string of the molecule is CCCc1ccc([C@H](C)NC(=O)Nc2ccccc2Br)cc1. The van der Waals surface area contributed by atoms with Crippen LogP contribution in [0.1, 0.15) is 37.4 Å². The Labute approximate surface area is 140 Å². The van der Waals surface area contributed by atoms with E-state index in [1.54, 1.807) is 0 Å². The van der Waals surface area contributed by atoms with E-state index in [-0.39, 0.29) is 12.1 Å². The fourth-order valence-corrected chi connectivity index (χ4v) is 2.65. The first-order valence-electron chi connectivity index (χ1n) is 7.51. The Morgan fingerprint density at radius 2 is 1.82 bits per heavy atom. The monoisotopic (exact) mass is 360 g/mol. The lowest BCUT2D eigenvalue weighted by atomic mass is 10.0. The number of para-hydroxylation sites is 1. The van der Waals surface area contributed by atoms with Crippen molar-refractivity contribution in [3.63, 3.8) is 0 Å². The van der Waals surface area contributed by atoms with Crippen LogP contribution >= 0.6 is 15.9 Å². The van der Waals surface area contributed by atoms with Crippen molar-refractivity contribution in [2.75, 3.05) is 5.32 Å². The molecule has 2 aromatic carbocycles. The standard InChI is InChI=1S/C18H21BrN2O/c1-3-6-14-9-11-15(12-10-14)13(2)20-18(22)21-17-8-5-4-7-16(17)19/h4-5,7-13H,3,6H2,1-2H3,(H2,20,21,22)/t13-/m0/s1. The Bertz CT molecular complexity index is 625. The van der Waals surface area contributed by atoms with Crippen molar-refractivity contribution in [2.24, 2.45) is 0 Å². The number of aryl methyl sites for hydroxylation is 1. The highest BCUT2D eigenvalue weighted by molar-refractivity contribution is 9.10. The van der Waals surface area contributed by atoms with Crippen LogP contribution < -0.4 is 10.6 Å². The number of hydrogen-bond acceptors (Lipinski definition) is 1. The molecule has 1 atom stereocenters. The lowest BCUT2D eigenvalue weighted by Crippen LogP contribution is -2.31. The summed E-state index contributed by atoms with van der Waals surface area (Å²) in [6.45, 7) is 4.15. The quantitative estimate of drug-likeness (QED) is 0.747. The number of urea groups is 1. The van der Waals surface area contributed by atoms with E-state index in [2.05, 4.69) is 57.8 Å². The van der Waals surface area contributed by atoms with Gasteiger partial charge in [0.05, 0.1) is 11.7 Å². The van der Waals surface area contributed by atoms with Crippen LogP contribution in [-0.4, -0.2) is 6.03 Å². The molecule has 3 nitrogen and oxygen atoms in total. The predicted molar refractivity (Wildman–Crippen MR) is 95.1 cm³/mol. The molecule has 0 saturated heterocycles. The van der Waals surface area contributed by atoms with Crippen LogP contribution in [0.4, 0.5) is 10.5 Å². The maximum absolute atomic E-state index is 12.1. The van der Waals surface area contributed by atoms with Crippen molar-refractivity contribution in [1.82, 2.24) is 5.32 Å². The first-order chi connectivity index (χ1) is 10.6. The number of carbonyl (C=O) groups is 1. The van der Waals surface area contributed by atoms with E-state index in [1.807, 2.05) is 31.2 Å². The van der Waals surface area contributed by atoms with Crippen molar-refractivity contribution in [1.29, 1.82) is 0 Å². The van der Waals surface area contributed by atoms with Crippen LogP contribution in [0, 0.1) is 0 Å². The van der Waals surface area contributed by atoms with E-state index in [1.165, 1.54) is 5.56 Å². The van der Waals surface area contributed by atoms with Crippen molar-refractivity contribution in [3.05, 3.63) is 64.1 Å². The highest BCUT2D eigenvalue weighted by Crippen LogP contribution is 2.21. The molecule has 2 N–H and O–H groups in total. The third-order valence-corrected chi connectivity index (χ3v) is 4.18. The molecule has 0 saturated carbocycles. The largest absolute Gasteiger partial charge is 0.331 e. The summed E-state index contributed by atoms with van der Waals surface area (Å²) >= 11 is 3.42. The summed E-state index contributed by atoms with van der Waals surface area (Å²) in [4.78, 5) is 12.1. The summed E-state index contributed by atoms with van der Waals surface area (Å²) in [5.74, 6) is 0. The molecule has 0 aromatic heterocycles. The Balaban J connectivity index is 1.94. The van der Waals surface area contributed by atoms with Gasteiger partial charge in [-0.1, -0.05) is 49.7 Å². The molecular weight excluding hydrogens is 340 g/mol. The van der Waals surface area contributed by atoms with Crippen molar-refractivity contribution in [3.8, 4) is 0 Å². The van der Waals surface area contributed by atoms with E-state index >= 15 is 0 Å². The molecule has 0 spiro atoms. The van der Waals surface area contributed by atoms with Gasteiger partial charge in [0.25, 0.3) is 0 Å². The number of anilines is 1. The Hall–Kier alpha value is -1.81. The molecule has 0 unspecified atom stereocenters. The number of amides is 2. The molecule has 0 aliphatic heterocycles. The van der Waals surface area contributed by atoms with Gasteiger partial charge >= 0.3 is 6.03 Å². The van der Waals surface area contributed by atoms with Crippen LogP contribution in [0.2, 0.25) is 0 Å². The molecular formula is C18H21BrN2O. The van der Waals surface area contributed by atoms with Gasteiger partial charge in [0.15, 0.2) is 0 Å². The number of halogens is 1. The summed E-state index contributed by atoms with van der Waals surface area (Å²) in [6.07, 6.45) is 2.23. The minimum absolute atomic E-state index is 0.0434. The van der Waals surface area contributed by atoms with Crippen molar-refractivity contribution >= 4 is 27.6 Å². The van der Waals surface area contributed by atoms with Crippen LogP contribution in [-0.2, 0) is 6.42 Å². The highest BCUT2D eigenvalue weighted by atomic mass is 79.9. The van der Waals surface area contributed by atoms with E-state index in [9.17, 15) is 4.79 Å². The second kappa shape index (κ2) is 7.99.